The lowest BCUT2D eigenvalue weighted by molar-refractivity contribution is 0.756. The second-order valence-electron chi connectivity index (χ2n) is 4.53. The molecule has 19 heavy (non-hydrogen) atoms. The number of anilines is 1. The first kappa shape index (κ1) is 11.6. The number of hydrogen-bond donors (Lipinski definition) is 2. The fourth-order valence-corrected chi connectivity index (χ4v) is 2.20. The van der Waals surface area contributed by atoms with Crippen molar-refractivity contribution in [3.8, 4) is 0 Å². The molecule has 0 aliphatic rings. The molecule has 0 saturated heterocycles. The van der Waals surface area contributed by atoms with Gasteiger partial charge in [0.2, 0.25) is 0 Å². The van der Waals surface area contributed by atoms with E-state index in [2.05, 4.69) is 37.3 Å². The third kappa shape index (κ3) is 2.03. The number of rotatable bonds is 3. The van der Waals surface area contributed by atoms with Crippen molar-refractivity contribution in [2.45, 2.75) is 19.9 Å². The number of aromatic nitrogens is 6. The van der Waals surface area contributed by atoms with Crippen LogP contribution in [-0.4, -0.2) is 29.7 Å². The molecule has 0 radical (unpaired) electrons. The van der Waals surface area contributed by atoms with Crippen LogP contribution in [0.3, 0.4) is 0 Å². The Kier molecular flexibility index (Phi) is 2.66. The average molecular weight is 257 g/mol. The summed E-state index contributed by atoms with van der Waals surface area (Å²) in [6.45, 7) is 4.08. The predicted octanol–water partition coefficient (Wildman–Crippen LogP) is 1.57. The van der Waals surface area contributed by atoms with Gasteiger partial charge < -0.3 is 10.3 Å². The van der Waals surface area contributed by atoms with Crippen molar-refractivity contribution in [1.29, 1.82) is 0 Å². The van der Waals surface area contributed by atoms with Gasteiger partial charge in [-0.1, -0.05) is 0 Å². The number of hydrogen-bond acceptors (Lipinski definition) is 5. The third-order valence-electron chi connectivity index (χ3n) is 3.09. The number of nitrogens with one attached hydrogen (secondary N) is 2. The van der Waals surface area contributed by atoms with Crippen LogP contribution in [0.4, 0.5) is 5.82 Å². The molecule has 3 rings (SSSR count). The van der Waals surface area contributed by atoms with Crippen molar-refractivity contribution >= 4 is 17.0 Å². The number of aryl methyl sites for hydroxylation is 2. The normalized spacial score (nSPS) is 12.8. The first-order valence-corrected chi connectivity index (χ1v) is 6.06. The quantitative estimate of drug-likeness (QED) is 0.744. The van der Waals surface area contributed by atoms with E-state index < -0.39 is 0 Å². The molecule has 1 atom stereocenters. The Balaban J connectivity index is 1.92. The van der Waals surface area contributed by atoms with E-state index in [9.17, 15) is 0 Å². The molecule has 2 N–H and O–H groups in total. The monoisotopic (exact) mass is 257 g/mol. The van der Waals surface area contributed by atoms with Gasteiger partial charge in [0.25, 0.3) is 0 Å². The van der Waals surface area contributed by atoms with Crippen LogP contribution in [-0.2, 0) is 7.05 Å². The minimum atomic E-state index is 0.107. The zero-order valence-electron chi connectivity index (χ0n) is 11.0. The summed E-state index contributed by atoms with van der Waals surface area (Å²) in [6, 6.07) is 0.107. The van der Waals surface area contributed by atoms with Gasteiger partial charge in [-0.3, -0.25) is 4.68 Å². The summed E-state index contributed by atoms with van der Waals surface area (Å²) in [4.78, 5) is 15.5. The lowest BCUT2D eigenvalue weighted by Crippen LogP contribution is -2.09. The minimum absolute atomic E-state index is 0.107. The van der Waals surface area contributed by atoms with Gasteiger partial charge in [-0.05, 0) is 13.8 Å². The van der Waals surface area contributed by atoms with Gasteiger partial charge in [-0.25, -0.2) is 15.0 Å². The van der Waals surface area contributed by atoms with Crippen molar-refractivity contribution in [1.82, 2.24) is 29.7 Å². The summed E-state index contributed by atoms with van der Waals surface area (Å²) < 4.78 is 1.81. The maximum atomic E-state index is 4.35. The number of imidazole rings is 1. The van der Waals surface area contributed by atoms with Crippen molar-refractivity contribution < 1.29 is 0 Å². The van der Waals surface area contributed by atoms with Crippen molar-refractivity contribution in [2.75, 3.05) is 5.32 Å². The van der Waals surface area contributed by atoms with E-state index in [1.807, 2.05) is 24.9 Å². The fourth-order valence-electron chi connectivity index (χ4n) is 2.20. The van der Waals surface area contributed by atoms with Crippen molar-refractivity contribution in [2.24, 2.45) is 7.05 Å². The van der Waals surface area contributed by atoms with Gasteiger partial charge in [0.1, 0.15) is 11.8 Å². The molecule has 0 saturated carbocycles. The van der Waals surface area contributed by atoms with E-state index in [1.54, 1.807) is 6.33 Å². The zero-order valence-corrected chi connectivity index (χ0v) is 11.0. The number of aromatic amines is 1. The van der Waals surface area contributed by atoms with Gasteiger partial charge in [0.05, 0.1) is 18.1 Å². The third-order valence-corrected chi connectivity index (χ3v) is 3.09. The molecule has 0 fully saturated rings. The average Bonchev–Trinajstić information content (AvgIpc) is 2.96. The maximum absolute atomic E-state index is 4.35. The van der Waals surface area contributed by atoms with E-state index in [4.69, 9.17) is 0 Å². The predicted molar refractivity (Wildman–Crippen MR) is 71.7 cm³/mol. The molecular formula is C12H15N7. The second kappa shape index (κ2) is 4.34. The SMILES string of the molecule is Cc1nn(C)cc1[C@@H](C)Nc1ncnc2nc[nH]c12. The lowest BCUT2D eigenvalue weighted by Gasteiger charge is -2.13. The van der Waals surface area contributed by atoms with E-state index in [1.165, 1.54) is 6.33 Å². The van der Waals surface area contributed by atoms with Crippen LogP contribution in [0.1, 0.15) is 24.2 Å². The molecule has 7 nitrogen and oxygen atoms in total. The molecular weight excluding hydrogens is 242 g/mol. The summed E-state index contributed by atoms with van der Waals surface area (Å²) in [5, 5.41) is 7.72. The standard InChI is InChI=1S/C12H15N7/c1-7(9-4-19(3)18-8(9)2)17-12-10-11(14-5-13-10)15-6-16-12/h4-7H,1-3H3,(H2,13,14,15,16,17)/t7-/m1/s1. The smallest absolute Gasteiger partial charge is 0.182 e. The Labute approximate surface area is 110 Å². The van der Waals surface area contributed by atoms with Crippen molar-refractivity contribution in [3.63, 3.8) is 0 Å². The van der Waals surface area contributed by atoms with Crippen LogP contribution in [0.2, 0.25) is 0 Å². The molecule has 0 aromatic carbocycles. The summed E-state index contributed by atoms with van der Waals surface area (Å²) in [5.41, 5.74) is 3.63. The summed E-state index contributed by atoms with van der Waals surface area (Å²) in [7, 11) is 1.92. The topological polar surface area (TPSA) is 84.3 Å². The van der Waals surface area contributed by atoms with Crippen molar-refractivity contribution in [3.05, 3.63) is 30.1 Å². The molecule has 0 spiro atoms. The number of H-pyrrole nitrogens is 1. The Morgan fingerprint density at radius 2 is 2.16 bits per heavy atom. The van der Waals surface area contributed by atoms with Crippen LogP contribution in [0, 0.1) is 6.92 Å². The van der Waals surface area contributed by atoms with Crippen LogP contribution in [0.15, 0.2) is 18.9 Å². The zero-order chi connectivity index (χ0) is 13.4. The van der Waals surface area contributed by atoms with Crippen LogP contribution in [0.5, 0.6) is 0 Å². The largest absolute Gasteiger partial charge is 0.362 e. The molecule has 0 aliphatic heterocycles. The molecule has 0 unspecified atom stereocenters. The van der Waals surface area contributed by atoms with E-state index >= 15 is 0 Å². The molecule has 98 valence electrons. The van der Waals surface area contributed by atoms with Gasteiger partial charge in [-0.2, -0.15) is 5.10 Å². The van der Waals surface area contributed by atoms with Crippen LogP contribution >= 0.6 is 0 Å². The molecule has 0 bridgehead atoms. The molecule has 0 amide bonds. The molecule has 0 aliphatic carbocycles. The summed E-state index contributed by atoms with van der Waals surface area (Å²) in [5.74, 6) is 0.748. The van der Waals surface area contributed by atoms with E-state index in [0.717, 1.165) is 22.6 Å². The Bertz CT molecular complexity index is 712. The molecule has 3 aromatic rings. The number of nitrogens with zero attached hydrogens (tertiary/aromatic N) is 5. The number of fused-ring (bicyclic) bond motifs is 1. The highest BCUT2D eigenvalue weighted by Crippen LogP contribution is 2.23. The highest BCUT2D eigenvalue weighted by molar-refractivity contribution is 5.82. The highest BCUT2D eigenvalue weighted by Gasteiger charge is 2.14. The lowest BCUT2D eigenvalue weighted by atomic mass is 10.1. The molecule has 7 heteroatoms. The Morgan fingerprint density at radius 3 is 2.89 bits per heavy atom. The van der Waals surface area contributed by atoms with Gasteiger partial charge in [0.15, 0.2) is 11.5 Å². The van der Waals surface area contributed by atoms with E-state index in [0.29, 0.717) is 5.65 Å². The highest BCUT2D eigenvalue weighted by atomic mass is 15.3. The van der Waals surface area contributed by atoms with E-state index in [-0.39, 0.29) is 6.04 Å². The first-order valence-electron chi connectivity index (χ1n) is 6.06. The maximum Gasteiger partial charge on any atom is 0.182 e. The summed E-state index contributed by atoms with van der Waals surface area (Å²) in [6.07, 6.45) is 5.14. The Morgan fingerprint density at radius 1 is 1.32 bits per heavy atom. The summed E-state index contributed by atoms with van der Waals surface area (Å²) >= 11 is 0. The second-order valence-corrected chi connectivity index (χ2v) is 4.53. The van der Waals surface area contributed by atoms with Gasteiger partial charge in [-0.15, -0.1) is 0 Å². The first-order chi connectivity index (χ1) is 9.15. The van der Waals surface area contributed by atoms with Crippen LogP contribution in [0.25, 0.3) is 11.2 Å². The van der Waals surface area contributed by atoms with Gasteiger partial charge in [0, 0.05) is 18.8 Å². The van der Waals surface area contributed by atoms with Gasteiger partial charge >= 0.3 is 0 Å². The minimum Gasteiger partial charge on any atom is -0.362 e. The Hall–Kier alpha value is -2.44. The fraction of sp³-hybridized carbons (Fsp3) is 0.333. The molecule has 3 aromatic heterocycles. The molecule has 3 heterocycles. The van der Waals surface area contributed by atoms with Crippen LogP contribution < -0.4 is 5.32 Å².